The van der Waals surface area contributed by atoms with Crippen LogP contribution in [-0.2, 0) is 19.6 Å². The molecule has 1 heterocycles. The fourth-order valence-electron chi connectivity index (χ4n) is 3.07. The number of rotatable bonds is 10. The Kier molecular flexibility index (Phi) is 7.22. The minimum atomic E-state index is -0.0818. The summed E-state index contributed by atoms with van der Waals surface area (Å²) in [5.74, 6) is 1.48. The number of hydrogen-bond donors (Lipinski definition) is 0. The van der Waals surface area contributed by atoms with Gasteiger partial charge in [-0.2, -0.15) is 5.10 Å². The van der Waals surface area contributed by atoms with Crippen molar-refractivity contribution in [3.05, 3.63) is 95.8 Å². The van der Waals surface area contributed by atoms with Crippen molar-refractivity contribution >= 4 is 11.9 Å². The molecule has 30 heavy (non-hydrogen) atoms. The van der Waals surface area contributed by atoms with E-state index in [0.717, 1.165) is 41.2 Å². The SMILES string of the molecule is C=CCc1ccccc1OCc1cc(/C=C/C(=O)c2cnn(CC)c2)ccc1OC. The molecule has 0 fully saturated rings. The average Bonchev–Trinajstić information content (AvgIpc) is 3.26. The maximum Gasteiger partial charge on any atom is 0.189 e. The predicted octanol–water partition coefficient (Wildman–Crippen LogP) is 5.12. The van der Waals surface area contributed by atoms with Crippen molar-refractivity contribution in [3.8, 4) is 11.5 Å². The van der Waals surface area contributed by atoms with E-state index in [4.69, 9.17) is 9.47 Å². The number of carbonyl (C=O) groups excluding carboxylic acids is 1. The third-order valence-corrected chi connectivity index (χ3v) is 4.69. The molecule has 0 aliphatic heterocycles. The Balaban J connectivity index is 1.75. The topological polar surface area (TPSA) is 53.3 Å². The molecular weight excluding hydrogens is 376 g/mol. The molecule has 3 aromatic rings. The van der Waals surface area contributed by atoms with Crippen molar-refractivity contribution in [3.63, 3.8) is 0 Å². The lowest BCUT2D eigenvalue weighted by Gasteiger charge is -2.13. The Morgan fingerprint density at radius 3 is 2.73 bits per heavy atom. The minimum Gasteiger partial charge on any atom is -0.496 e. The van der Waals surface area contributed by atoms with Crippen LogP contribution in [0.25, 0.3) is 6.08 Å². The van der Waals surface area contributed by atoms with Crippen LogP contribution >= 0.6 is 0 Å². The molecular formula is C25H26N2O3. The largest absolute Gasteiger partial charge is 0.496 e. The van der Waals surface area contributed by atoms with Crippen molar-refractivity contribution in [2.24, 2.45) is 0 Å². The zero-order valence-electron chi connectivity index (χ0n) is 17.4. The third-order valence-electron chi connectivity index (χ3n) is 4.69. The lowest BCUT2D eigenvalue weighted by atomic mass is 10.1. The van der Waals surface area contributed by atoms with E-state index < -0.39 is 0 Å². The third kappa shape index (κ3) is 5.26. The van der Waals surface area contributed by atoms with Crippen LogP contribution in [0.4, 0.5) is 0 Å². The van der Waals surface area contributed by atoms with Crippen LogP contribution in [0.15, 0.2) is 73.6 Å². The van der Waals surface area contributed by atoms with Crippen LogP contribution in [0.5, 0.6) is 11.5 Å². The number of aryl methyl sites for hydroxylation is 1. The van der Waals surface area contributed by atoms with Crippen molar-refractivity contribution in [1.29, 1.82) is 0 Å². The van der Waals surface area contributed by atoms with Crippen LogP contribution in [-0.4, -0.2) is 22.7 Å². The molecule has 0 atom stereocenters. The van der Waals surface area contributed by atoms with Gasteiger partial charge in [-0.05, 0) is 48.7 Å². The molecule has 5 heteroatoms. The molecule has 0 aliphatic carbocycles. The zero-order valence-corrected chi connectivity index (χ0v) is 17.4. The lowest BCUT2D eigenvalue weighted by Crippen LogP contribution is -2.01. The molecule has 0 unspecified atom stereocenters. The molecule has 0 saturated heterocycles. The van der Waals surface area contributed by atoms with E-state index in [1.165, 1.54) is 0 Å². The molecule has 0 N–H and O–H groups in total. The molecule has 0 bridgehead atoms. The molecule has 2 aromatic carbocycles. The Morgan fingerprint density at radius 2 is 2.00 bits per heavy atom. The molecule has 0 saturated carbocycles. The first-order valence-corrected chi connectivity index (χ1v) is 9.88. The van der Waals surface area contributed by atoms with Crippen LogP contribution in [0.1, 0.15) is 34.0 Å². The van der Waals surface area contributed by atoms with E-state index in [0.29, 0.717) is 12.2 Å². The Hall–Kier alpha value is -3.60. The van der Waals surface area contributed by atoms with Gasteiger partial charge in [-0.15, -0.1) is 6.58 Å². The first-order valence-electron chi connectivity index (χ1n) is 9.88. The van der Waals surface area contributed by atoms with Crippen LogP contribution < -0.4 is 9.47 Å². The highest BCUT2D eigenvalue weighted by molar-refractivity contribution is 6.06. The Labute approximate surface area is 177 Å². The summed E-state index contributed by atoms with van der Waals surface area (Å²) in [5.41, 5.74) is 3.45. The van der Waals surface area contributed by atoms with E-state index in [-0.39, 0.29) is 5.78 Å². The van der Waals surface area contributed by atoms with Gasteiger partial charge in [-0.3, -0.25) is 9.48 Å². The molecule has 0 amide bonds. The maximum atomic E-state index is 12.4. The number of carbonyl (C=O) groups is 1. The summed E-state index contributed by atoms with van der Waals surface area (Å²) in [6.07, 6.45) is 9.29. The summed E-state index contributed by atoms with van der Waals surface area (Å²) < 4.78 is 13.3. The molecule has 0 aliphatic rings. The van der Waals surface area contributed by atoms with Crippen molar-refractivity contribution in [2.75, 3.05) is 7.11 Å². The summed E-state index contributed by atoms with van der Waals surface area (Å²) in [4.78, 5) is 12.4. The highest BCUT2D eigenvalue weighted by atomic mass is 16.5. The van der Waals surface area contributed by atoms with Crippen molar-refractivity contribution < 1.29 is 14.3 Å². The number of ketones is 1. The van der Waals surface area contributed by atoms with Gasteiger partial charge in [0.2, 0.25) is 0 Å². The highest BCUT2D eigenvalue weighted by Crippen LogP contribution is 2.25. The molecule has 5 nitrogen and oxygen atoms in total. The van der Waals surface area contributed by atoms with Gasteiger partial charge in [0.25, 0.3) is 0 Å². The monoisotopic (exact) mass is 402 g/mol. The number of benzene rings is 2. The van der Waals surface area contributed by atoms with E-state index in [9.17, 15) is 4.79 Å². The van der Waals surface area contributed by atoms with Gasteiger partial charge in [-0.1, -0.05) is 36.4 Å². The second-order valence-electron chi connectivity index (χ2n) is 6.74. The molecule has 1 aromatic heterocycles. The Morgan fingerprint density at radius 1 is 1.17 bits per heavy atom. The first kappa shape index (κ1) is 21.1. The summed E-state index contributed by atoms with van der Waals surface area (Å²) in [7, 11) is 1.63. The number of methoxy groups -OCH3 is 1. The van der Waals surface area contributed by atoms with Gasteiger partial charge in [0.05, 0.1) is 18.9 Å². The zero-order chi connectivity index (χ0) is 21.3. The van der Waals surface area contributed by atoms with E-state index in [1.54, 1.807) is 36.3 Å². The number of ether oxygens (including phenoxy) is 2. The van der Waals surface area contributed by atoms with Crippen LogP contribution in [0, 0.1) is 0 Å². The van der Waals surface area contributed by atoms with E-state index >= 15 is 0 Å². The summed E-state index contributed by atoms with van der Waals surface area (Å²) in [5, 5.41) is 4.14. The molecule has 154 valence electrons. The molecule has 0 radical (unpaired) electrons. The van der Waals surface area contributed by atoms with Crippen LogP contribution in [0.2, 0.25) is 0 Å². The molecule has 3 rings (SSSR count). The number of para-hydroxylation sites is 1. The lowest BCUT2D eigenvalue weighted by molar-refractivity contribution is 0.104. The van der Waals surface area contributed by atoms with E-state index in [1.807, 2.05) is 55.5 Å². The second-order valence-corrected chi connectivity index (χ2v) is 6.74. The molecule has 0 spiro atoms. The summed E-state index contributed by atoms with van der Waals surface area (Å²) in [6.45, 7) is 6.87. The summed E-state index contributed by atoms with van der Waals surface area (Å²) in [6, 6.07) is 13.7. The quantitative estimate of drug-likeness (QED) is 0.268. The smallest absolute Gasteiger partial charge is 0.189 e. The maximum absolute atomic E-state index is 12.4. The van der Waals surface area contributed by atoms with Gasteiger partial charge in [-0.25, -0.2) is 0 Å². The first-order chi connectivity index (χ1) is 14.6. The summed E-state index contributed by atoms with van der Waals surface area (Å²) >= 11 is 0. The van der Waals surface area contributed by atoms with Gasteiger partial charge in [0, 0.05) is 18.3 Å². The van der Waals surface area contributed by atoms with Gasteiger partial charge >= 0.3 is 0 Å². The number of allylic oxidation sites excluding steroid dienone is 2. The minimum absolute atomic E-state index is 0.0818. The van der Waals surface area contributed by atoms with Crippen LogP contribution in [0.3, 0.4) is 0 Å². The highest BCUT2D eigenvalue weighted by Gasteiger charge is 2.08. The van der Waals surface area contributed by atoms with Crippen molar-refractivity contribution in [1.82, 2.24) is 9.78 Å². The van der Waals surface area contributed by atoms with E-state index in [2.05, 4.69) is 11.7 Å². The standard InChI is InChI=1S/C25H26N2O3/c1-4-8-20-9-6-7-10-25(20)30-18-21-15-19(12-14-24(21)29-3)11-13-23(28)22-16-26-27(5-2)17-22/h4,6-7,9-17H,1,5,8,18H2,2-3H3/b13-11+. The number of aromatic nitrogens is 2. The van der Waals surface area contributed by atoms with Gasteiger partial charge in [0.15, 0.2) is 5.78 Å². The fraction of sp³-hybridized carbons (Fsp3) is 0.200. The fourth-order valence-corrected chi connectivity index (χ4v) is 3.07. The van der Waals surface area contributed by atoms with Crippen molar-refractivity contribution in [2.45, 2.75) is 26.5 Å². The predicted molar refractivity (Wildman–Crippen MR) is 119 cm³/mol. The average molecular weight is 402 g/mol. The number of hydrogen-bond acceptors (Lipinski definition) is 4. The van der Waals surface area contributed by atoms with Gasteiger partial charge < -0.3 is 9.47 Å². The normalized spacial score (nSPS) is 10.9. The Bertz CT molecular complexity index is 1050. The number of nitrogens with zero attached hydrogens (tertiary/aromatic N) is 2. The second kappa shape index (κ2) is 10.3. The van der Waals surface area contributed by atoms with Gasteiger partial charge in [0.1, 0.15) is 18.1 Å².